The van der Waals surface area contributed by atoms with Gasteiger partial charge in [-0.25, -0.2) is 0 Å². The fourth-order valence-corrected chi connectivity index (χ4v) is 3.89. The van der Waals surface area contributed by atoms with Crippen molar-refractivity contribution in [3.8, 4) is 0 Å². The van der Waals surface area contributed by atoms with E-state index in [1.54, 1.807) is 0 Å². The Kier molecular flexibility index (Phi) is 5.07. The summed E-state index contributed by atoms with van der Waals surface area (Å²) in [6.45, 7) is 2.03. The van der Waals surface area contributed by atoms with Gasteiger partial charge in [0.2, 0.25) is 0 Å². The summed E-state index contributed by atoms with van der Waals surface area (Å²) >= 11 is 0. The van der Waals surface area contributed by atoms with Crippen LogP contribution in [0.25, 0.3) is 0 Å². The van der Waals surface area contributed by atoms with Crippen LogP contribution < -0.4 is 5.32 Å². The topological polar surface area (TPSA) is 37.3 Å². The number of rotatable bonds is 5. The molecule has 0 saturated carbocycles. The van der Waals surface area contributed by atoms with E-state index in [-0.39, 0.29) is 5.91 Å². The predicted molar refractivity (Wildman–Crippen MR) is 109 cm³/mol. The molecule has 1 fully saturated rings. The Labute approximate surface area is 160 Å². The van der Waals surface area contributed by atoms with E-state index in [0.717, 1.165) is 18.8 Å². The SMILES string of the molecule is Cn1cccc1[C@@H]1CCCN1Cc1ccc(C(=O)Nc2ccccc2)cc1. The van der Waals surface area contributed by atoms with Gasteiger partial charge in [0, 0.05) is 36.7 Å². The van der Waals surface area contributed by atoms with Crippen LogP contribution in [0.3, 0.4) is 0 Å². The number of hydrogen-bond acceptors (Lipinski definition) is 2. The van der Waals surface area contributed by atoms with E-state index >= 15 is 0 Å². The lowest BCUT2D eigenvalue weighted by atomic mass is 10.1. The van der Waals surface area contributed by atoms with Crippen LogP contribution in [0.4, 0.5) is 5.69 Å². The first-order valence-electron chi connectivity index (χ1n) is 9.51. The van der Waals surface area contributed by atoms with E-state index in [0.29, 0.717) is 11.6 Å². The Balaban J connectivity index is 1.42. The van der Waals surface area contributed by atoms with Gasteiger partial charge in [-0.05, 0) is 61.3 Å². The molecule has 0 aliphatic carbocycles. The molecule has 1 N–H and O–H groups in total. The molecule has 1 amide bonds. The molecule has 0 radical (unpaired) electrons. The van der Waals surface area contributed by atoms with Gasteiger partial charge in [0.25, 0.3) is 5.91 Å². The number of hydrogen-bond donors (Lipinski definition) is 1. The molecule has 138 valence electrons. The maximum absolute atomic E-state index is 12.4. The van der Waals surface area contributed by atoms with Crippen LogP contribution in [0.2, 0.25) is 0 Å². The lowest BCUT2D eigenvalue weighted by molar-refractivity contribution is 0.102. The van der Waals surface area contributed by atoms with Crippen LogP contribution in [-0.2, 0) is 13.6 Å². The van der Waals surface area contributed by atoms with E-state index < -0.39 is 0 Å². The van der Waals surface area contributed by atoms with Gasteiger partial charge in [-0.3, -0.25) is 9.69 Å². The summed E-state index contributed by atoms with van der Waals surface area (Å²) in [4.78, 5) is 14.9. The molecule has 0 bridgehead atoms. The first-order chi connectivity index (χ1) is 13.2. The Bertz CT molecular complexity index is 899. The molecule has 3 aromatic rings. The van der Waals surface area contributed by atoms with Gasteiger partial charge in [0.05, 0.1) is 6.04 Å². The fourth-order valence-electron chi connectivity index (χ4n) is 3.89. The van der Waals surface area contributed by atoms with Crippen molar-refractivity contribution in [2.75, 3.05) is 11.9 Å². The standard InChI is InChI=1S/C23H25N3O/c1-25-15-5-9-21(25)22-10-6-16-26(22)17-18-11-13-19(14-12-18)23(27)24-20-7-3-2-4-8-20/h2-5,7-9,11-15,22H,6,10,16-17H2,1H3,(H,24,27)/t22-/m0/s1. The molecular weight excluding hydrogens is 334 g/mol. The van der Waals surface area contributed by atoms with Gasteiger partial charge in [-0.15, -0.1) is 0 Å². The van der Waals surface area contributed by atoms with E-state index in [2.05, 4.69) is 52.3 Å². The summed E-state index contributed by atoms with van der Waals surface area (Å²) < 4.78 is 2.22. The second-order valence-corrected chi connectivity index (χ2v) is 7.19. The van der Waals surface area contributed by atoms with Crippen molar-refractivity contribution in [1.29, 1.82) is 0 Å². The first-order valence-corrected chi connectivity index (χ1v) is 9.51. The van der Waals surface area contributed by atoms with Crippen molar-refractivity contribution in [2.45, 2.75) is 25.4 Å². The Hall–Kier alpha value is -2.85. The molecule has 4 rings (SSSR count). The van der Waals surface area contributed by atoms with E-state index in [4.69, 9.17) is 0 Å². The van der Waals surface area contributed by atoms with Crippen LogP contribution in [0.5, 0.6) is 0 Å². The lowest BCUT2D eigenvalue weighted by Crippen LogP contribution is -2.24. The molecule has 2 aromatic carbocycles. The molecule has 2 heterocycles. The van der Waals surface area contributed by atoms with Crippen LogP contribution >= 0.6 is 0 Å². The quantitative estimate of drug-likeness (QED) is 0.722. The smallest absolute Gasteiger partial charge is 0.255 e. The number of nitrogens with zero attached hydrogens (tertiary/aromatic N) is 2. The molecule has 27 heavy (non-hydrogen) atoms. The average molecular weight is 359 g/mol. The van der Waals surface area contributed by atoms with Gasteiger partial charge < -0.3 is 9.88 Å². The van der Waals surface area contributed by atoms with Crippen LogP contribution in [-0.4, -0.2) is 21.9 Å². The van der Waals surface area contributed by atoms with Crippen molar-refractivity contribution in [1.82, 2.24) is 9.47 Å². The fraction of sp³-hybridized carbons (Fsp3) is 0.261. The van der Waals surface area contributed by atoms with Gasteiger partial charge in [-0.2, -0.15) is 0 Å². The lowest BCUT2D eigenvalue weighted by Gasteiger charge is -2.25. The highest BCUT2D eigenvalue weighted by molar-refractivity contribution is 6.04. The van der Waals surface area contributed by atoms with Crippen LogP contribution in [0, 0.1) is 0 Å². The zero-order valence-electron chi connectivity index (χ0n) is 15.6. The van der Waals surface area contributed by atoms with Crippen LogP contribution in [0.15, 0.2) is 72.9 Å². The third-order valence-electron chi connectivity index (χ3n) is 5.32. The number of amides is 1. The van der Waals surface area contributed by atoms with E-state index in [1.807, 2.05) is 42.5 Å². The van der Waals surface area contributed by atoms with Gasteiger partial charge in [-0.1, -0.05) is 30.3 Å². The summed E-state index contributed by atoms with van der Waals surface area (Å²) in [6.07, 6.45) is 4.55. The molecule has 4 heteroatoms. The molecule has 4 nitrogen and oxygen atoms in total. The van der Waals surface area contributed by atoms with Gasteiger partial charge in [0.1, 0.15) is 0 Å². The number of nitrogens with one attached hydrogen (secondary N) is 1. The third-order valence-corrected chi connectivity index (χ3v) is 5.32. The summed E-state index contributed by atoms with van der Waals surface area (Å²) in [7, 11) is 2.12. The van der Waals surface area contributed by atoms with Crippen LogP contribution in [0.1, 0.15) is 40.5 Å². The Morgan fingerprint density at radius 1 is 1.04 bits per heavy atom. The Morgan fingerprint density at radius 2 is 1.81 bits per heavy atom. The number of likely N-dealkylation sites (tertiary alicyclic amines) is 1. The normalized spacial score (nSPS) is 17.1. The zero-order valence-corrected chi connectivity index (χ0v) is 15.6. The minimum Gasteiger partial charge on any atom is -0.353 e. The van der Waals surface area contributed by atoms with E-state index in [9.17, 15) is 4.79 Å². The number of aryl methyl sites for hydroxylation is 1. The maximum Gasteiger partial charge on any atom is 0.255 e. The monoisotopic (exact) mass is 359 g/mol. The highest BCUT2D eigenvalue weighted by Gasteiger charge is 2.27. The number of para-hydroxylation sites is 1. The number of anilines is 1. The molecular formula is C23H25N3O. The number of carbonyl (C=O) groups is 1. The molecule has 0 unspecified atom stereocenters. The van der Waals surface area contributed by atoms with Crippen molar-refractivity contribution in [3.63, 3.8) is 0 Å². The van der Waals surface area contributed by atoms with Crippen molar-refractivity contribution in [3.05, 3.63) is 89.7 Å². The molecule has 1 saturated heterocycles. The van der Waals surface area contributed by atoms with Gasteiger partial charge >= 0.3 is 0 Å². The second kappa shape index (κ2) is 7.80. The molecule has 1 aliphatic rings. The number of aromatic nitrogens is 1. The van der Waals surface area contributed by atoms with E-state index in [1.165, 1.54) is 24.1 Å². The second-order valence-electron chi connectivity index (χ2n) is 7.19. The molecule has 0 spiro atoms. The Morgan fingerprint density at radius 3 is 2.52 bits per heavy atom. The van der Waals surface area contributed by atoms with Crippen molar-refractivity contribution >= 4 is 11.6 Å². The predicted octanol–water partition coefficient (Wildman–Crippen LogP) is 4.61. The molecule has 1 aromatic heterocycles. The first kappa shape index (κ1) is 17.6. The summed E-state index contributed by atoms with van der Waals surface area (Å²) in [5.74, 6) is -0.0735. The minimum absolute atomic E-state index is 0.0735. The highest BCUT2D eigenvalue weighted by atomic mass is 16.1. The maximum atomic E-state index is 12.4. The van der Waals surface area contributed by atoms with Crippen molar-refractivity contribution < 1.29 is 4.79 Å². The average Bonchev–Trinajstić information content (AvgIpc) is 3.31. The molecule has 1 atom stereocenters. The summed E-state index contributed by atoms with van der Waals surface area (Å²) in [6, 6.07) is 22.3. The van der Waals surface area contributed by atoms with Gasteiger partial charge in [0.15, 0.2) is 0 Å². The minimum atomic E-state index is -0.0735. The highest BCUT2D eigenvalue weighted by Crippen LogP contribution is 2.33. The van der Waals surface area contributed by atoms with Crippen molar-refractivity contribution in [2.24, 2.45) is 7.05 Å². The summed E-state index contributed by atoms with van der Waals surface area (Å²) in [5.41, 5.74) is 4.12. The number of carbonyl (C=O) groups excluding carboxylic acids is 1. The largest absolute Gasteiger partial charge is 0.353 e. The number of benzene rings is 2. The summed E-state index contributed by atoms with van der Waals surface area (Å²) in [5, 5.41) is 2.93. The third kappa shape index (κ3) is 3.96. The molecule has 1 aliphatic heterocycles. The zero-order chi connectivity index (χ0) is 18.6.